The zero-order valence-electron chi connectivity index (χ0n) is 12.0. The van der Waals surface area contributed by atoms with E-state index in [0.29, 0.717) is 24.5 Å². The molecule has 0 aromatic heterocycles. The number of benzene rings is 1. The Morgan fingerprint density at radius 3 is 3.05 bits per heavy atom. The highest BCUT2D eigenvalue weighted by Crippen LogP contribution is 2.26. The molecular weight excluding hydrogens is 261 g/mol. The minimum atomic E-state index is -0.690. The summed E-state index contributed by atoms with van der Waals surface area (Å²) in [5.41, 5.74) is 0.592. The Labute approximate surface area is 119 Å². The number of aliphatic hydroxyl groups excluding tert-OH is 1. The van der Waals surface area contributed by atoms with Crippen LogP contribution in [0.3, 0.4) is 0 Å². The van der Waals surface area contributed by atoms with Crippen LogP contribution in [0, 0.1) is 5.82 Å². The Bertz CT molecular complexity index is 439. The number of nitrogens with zero attached hydrogens (tertiary/aromatic N) is 1. The Morgan fingerprint density at radius 1 is 1.55 bits per heavy atom. The van der Waals surface area contributed by atoms with Crippen LogP contribution in [0.5, 0.6) is 5.75 Å². The Hall–Kier alpha value is -1.17. The average Bonchev–Trinajstić information content (AvgIpc) is 2.45. The van der Waals surface area contributed by atoms with Crippen LogP contribution in [0.4, 0.5) is 4.39 Å². The number of morpholine rings is 1. The highest BCUT2D eigenvalue weighted by molar-refractivity contribution is 5.35. The minimum Gasteiger partial charge on any atom is -0.490 e. The van der Waals surface area contributed by atoms with Crippen molar-refractivity contribution in [1.29, 1.82) is 0 Å². The first-order chi connectivity index (χ1) is 9.60. The standard InChI is InChI=1S/C15H22FNO3/c1-3-17-6-7-19-13(9-17)10-20-15-8-12(16)4-5-14(15)11(2)18/h4-5,8,11,13,18H,3,6-7,9-10H2,1-2H3/t11-,13?/m0/s1. The molecule has 0 aliphatic carbocycles. The molecule has 1 aliphatic heterocycles. The molecule has 112 valence electrons. The van der Waals surface area contributed by atoms with Gasteiger partial charge < -0.3 is 14.6 Å². The second-order valence-electron chi connectivity index (χ2n) is 5.06. The van der Waals surface area contributed by atoms with Gasteiger partial charge in [-0.1, -0.05) is 6.92 Å². The van der Waals surface area contributed by atoms with Gasteiger partial charge in [0.2, 0.25) is 0 Å². The quantitative estimate of drug-likeness (QED) is 0.897. The van der Waals surface area contributed by atoms with Crippen molar-refractivity contribution in [2.24, 2.45) is 0 Å². The molecule has 0 spiro atoms. The third kappa shape index (κ3) is 3.91. The fourth-order valence-corrected chi connectivity index (χ4v) is 2.33. The van der Waals surface area contributed by atoms with Crippen molar-refractivity contribution < 1.29 is 19.0 Å². The van der Waals surface area contributed by atoms with Crippen molar-refractivity contribution >= 4 is 0 Å². The van der Waals surface area contributed by atoms with Gasteiger partial charge in [0.1, 0.15) is 24.3 Å². The smallest absolute Gasteiger partial charge is 0.128 e. The Morgan fingerprint density at radius 2 is 2.35 bits per heavy atom. The van der Waals surface area contributed by atoms with E-state index in [9.17, 15) is 9.50 Å². The molecule has 1 fully saturated rings. The van der Waals surface area contributed by atoms with Gasteiger partial charge in [-0.3, -0.25) is 4.90 Å². The zero-order valence-corrected chi connectivity index (χ0v) is 12.0. The number of hydrogen-bond donors (Lipinski definition) is 1. The fourth-order valence-electron chi connectivity index (χ4n) is 2.33. The van der Waals surface area contributed by atoms with Crippen molar-refractivity contribution in [3.63, 3.8) is 0 Å². The van der Waals surface area contributed by atoms with Gasteiger partial charge in [0.15, 0.2) is 0 Å². The first-order valence-corrected chi connectivity index (χ1v) is 7.04. The summed E-state index contributed by atoms with van der Waals surface area (Å²) in [5, 5.41) is 9.67. The molecule has 1 saturated heterocycles. The lowest BCUT2D eigenvalue weighted by molar-refractivity contribution is -0.0467. The topological polar surface area (TPSA) is 41.9 Å². The van der Waals surface area contributed by atoms with E-state index >= 15 is 0 Å². The molecule has 0 bridgehead atoms. The van der Waals surface area contributed by atoms with E-state index in [1.54, 1.807) is 13.0 Å². The number of aliphatic hydroxyl groups is 1. The predicted molar refractivity (Wildman–Crippen MR) is 74.4 cm³/mol. The summed E-state index contributed by atoms with van der Waals surface area (Å²) in [6.45, 7) is 7.53. The van der Waals surface area contributed by atoms with Crippen LogP contribution in [-0.4, -0.2) is 49.0 Å². The predicted octanol–water partition coefficient (Wildman–Crippen LogP) is 1.98. The van der Waals surface area contributed by atoms with E-state index < -0.39 is 6.10 Å². The summed E-state index contributed by atoms with van der Waals surface area (Å²) in [7, 11) is 0. The lowest BCUT2D eigenvalue weighted by atomic mass is 10.1. The summed E-state index contributed by atoms with van der Waals surface area (Å²) in [5.74, 6) is 0.0152. The number of halogens is 1. The Kier molecular flexibility index (Phi) is 5.34. The van der Waals surface area contributed by atoms with Gasteiger partial charge in [-0.25, -0.2) is 4.39 Å². The van der Waals surface area contributed by atoms with E-state index in [0.717, 1.165) is 19.6 Å². The second-order valence-corrected chi connectivity index (χ2v) is 5.06. The van der Waals surface area contributed by atoms with Crippen LogP contribution in [0.15, 0.2) is 18.2 Å². The molecule has 1 heterocycles. The van der Waals surface area contributed by atoms with Crippen LogP contribution in [-0.2, 0) is 4.74 Å². The van der Waals surface area contributed by atoms with Gasteiger partial charge in [0, 0.05) is 24.7 Å². The van der Waals surface area contributed by atoms with Crippen molar-refractivity contribution in [2.45, 2.75) is 26.1 Å². The van der Waals surface area contributed by atoms with Gasteiger partial charge in [0.25, 0.3) is 0 Å². The molecular formula is C15H22FNO3. The fraction of sp³-hybridized carbons (Fsp3) is 0.600. The van der Waals surface area contributed by atoms with Gasteiger partial charge in [-0.15, -0.1) is 0 Å². The zero-order chi connectivity index (χ0) is 14.5. The summed E-state index contributed by atoms with van der Waals surface area (Å²) < 4.78 is 24.6. The average molecular weight is 283 g/mol. The first-order valence-electron chi connectivity index (χ1n) is 7.04. The summed E-state index contributed by atoms with van der Waals surface area (Å²) in [6, 6.07) is 4.18. The maximum atomic E-state index is 13.3. The molecule has 1 aromatic rings. The van der Waals surface area contributed by atoms with E-state index in [4.69, 9.17) is 9.47 Å². The maximum absolute atomic E-state index is 13.3. The maximum Gasteiger partial charge on any atom is 0.128 e. The molecule has 1 aliphatic rings. The van der Waals surface area contributed by atoms with Crippen molar-refractivity contribution in [2.75, 3.05) is 32.8 Å². The van der Waals surface area contributed by atoms with Crippen LogP contribution < -0.4 is 4.74 Å². The van der Waals surface area contributed by atoms with E-state index in [1.807, 2.05) is 0 Å². The SMILES string of the molecule is CCN1CCOC(COc2cc(F)ccc2[C@H](C)O)C1. The van der Waals surface area contributed by atoms with E-state index in [-0.39, 0.29) is 11.9 Å². The first kappa shape index (κ1) is 15.2. The molecule has 2 rings (SSSR count). The molecule has 0 saturated carbocycles. The number of ether oxygens (including phenoxy) is 2. The van der Waals surface area contributed by atoms with Crippen LogP contribution >= 0.6 is 0 Å². The normalized spacial score (nSPS) is 21.7. The minimum absolute atomic E-state index is 0.0196. The van der Waals surface area contributed by atoms with E-state index in [1.165, 1.54) is 12.1 Å². The molecule has 1 aromatic carbocycles. The third-order valence-electron chi connectivity index (χ3n) is 3.52. The largest absolute Gasteiger partial charge is 0.490 e. The molecule has 0 radical (unpaired) electrons. The van der Waals surface area contributed by atoms with Crippen molar-refractivity contribution in [3.8, 4) is 5.75 Å². The van der Waals surface area contributed by atoms with Gasteiger partial charge in [-0.05, 0) is 25.6 Å². The number of rotatable bonds is 5. The summed E-state index contributed by atoms with van der Waals surface area (Å²) in [6.07, 6.45) is -0.709. The lowest BCUT2D eigenvalue weighted by Crippen LogP contribution is -2.44. The summed E-state index contributed by atoms with van der Waals surface area (Å²) >= 11 is 0. The van der Waals surface area contributed by atoms with E-state index in [2.05, 4.69) is 11.8 Å². The molecule has 1 unspecified atom stereocenters. The van der Waals surface area contributed by atoms with Crippen molar-refractivity contribution in [1.82, 2.24) is 4.90 Å². The van der Waals surface area contributed by atoms with Gasteiger partial charge in [-0.2, -0.15) is 0 Å². The molecule has 5 heteroatoms. The number of likely N-dealkylation sites (N-methyl/N-ethyl adjacent to an activating group) is 1. The van der Waals surface area contributed by atoms with Gasteiger partial charge in [0.05, 0.1) is 12.7 Å². The molecule has 2 atom stereocenters. The highest BCUT2D eigenvalue weighted by Gasteiger charge is 2.20. The molecule has 1 N–H and O–H groups in total. The number of hydrogen-bond acceptors (Lipinski definition) is 4. The highest BCUT2D eigenvalue weighted by atomic mass is 19.1. The van der Waals surface area contributed by atoms with Crippen LogP contribution in [0.25, 0.3) is 0 Å². The second kappa shape index (κ2) is 7.02. The molecule has 20 heavy (non-hydrogen) atoms. The summed E-state index contributed by atoms with van der Waals surface area (Å²) in [4.78, 5) is 2.29. The van der Waals surface area contributed by atoms with Crippen LogP contribution in [0.2, 0.25) is 0 Å². The third-order valence-corrected chi connectivity index (χ3v) is 3.52. The van der Waals surface area contributed by atoms with Gasteiger partial charge >= 0.3 is 0 Å². The Balaban J connectivity index is 1.98. The lowest BCUT2D eigenvalue weighted by Gasteiger charge is -2.32. The molecule has 0 amide bonds. The van der Waals surface area contributed by atoms with Crippen LogP contribution in [0.1, 0.15) is 25.5 Å². The van der Waals surface area contributed by atoms with Crippen molar-refractivity contribution in [3.05, 3.63) is 29.6 Å². The molecule has 4 nitrogen and oxygen atoms in total. The monoisotopic (exact) mass is 283 g/mol.